The lowest BCUT2D eigenvalue weighted by atomic mass is 10.1. The monoisotopic (exact) mass is 525 g/mol. The maximum Gasteiger partial charge on any atom is 0.243 e. The van der Waals surface area contributed by atoms with Crippen molar-refractivity contribution in [2.24, 2.45) is 10.9 Å². The van der Waals surface area contributed by atoms with Crippen molar-refractivity contribution in [3.05, 3.63) is 53.9 Å². The van der Waals surface area contributed by atoms with E-state index in [0.717, 1.165) is 23.3 Å². The fraction of sp³-hybridized carbons (Fsp3) is 0.409. The molecule has 1 aromatic carbocycles. The van der Waals surface area contributed by atoms with Gasteiger partial charge < -0.3 is 20.7 Å². The van der Waals surface area contributed by atoms with Crippen LogP contribution in [0.5, 0.6) is 5.75 Å². The average Bonchev–Trinajstić information content (AvgIpc) is 2.70. The second-order valence-corrected chi connectivity index (χ2v) is 7.21. The SMILES string of the molecule is CN=C(NCC(=O)Nc1cccnc1)NCc1ccc(C)cc1OCCC(C)C.I. The predicted molar refractivity (Wildman–Crippen MR) is 133 cm³/mol. The van der Waals surface area contributed by atoms with E-state index in [4.69, 9.17) is 4.74 Å². The zero-order valence-electron chi connectivity index (χ0n) is 18.1. The van der Waals surface area contributed by atoms with Gasteiger partial charge in [-0.3, -0.25) is 14.8 Å². The molecule has 0 aliphatic carbocycles. The van der Waals surface area contributed by atoms with Crippen molar-refractivity contribution in [3.63, 3.8) is 0 Å². The number of aromatic nitrogens is 1. The number of hydrogen-bond acceptors (Lipinski definition) is 4. The van der Waals surface area contributed by atoms with Crippen molar-refractivity contribution in [1.82, 2.24) is 15.6 Å². The van der Waals surface area contributed by atoms with Crippen LogP contribution in [0.1, 0.15) is 31.4 Å². The topological polar surface area (TPSA) is 87.6 Å². The van der Waals surface area contributed by atoms with Gasteiger partial charge in [-0.25, -0.2) is 0 Å². The molecule has 1 heterocycles. The van der Waals surface area contributed by atoms with Crippen molar-refractivity contribution in [1.29, 1.82) is 0 Å². The lowest BCUT2D eigenvalue weighted by Crippen LogP contribution is -2.41. The largest absolute Gasteiger partial charge is 0.493 e. The molecular formula is C22H32IN5O2. The van der Waals surface area contributed by atoms with Crippen molar-refractivity contribution < 1.29 is 9.53 Å². The fourth-order valence-electron chi connectivity index (χ4n) is 2.55. The number of aliphatic imine (C=N–C) groups is 1. The van der Waals surface area contributed by atoms with Crippen LogP contribution in [-0.4, -0.2) is 37.1 Å². The Morgan fingerprint density at radius 1 is 1.23 bits per heavy atom. The average molecular weight is 525 g/mol. The number of carbonyl (C=O) groups is 1. The van der Waals surface area contributed by atoms with Crippen LogP contribution in [0.4, 0.5) is 5.69 Å². The van der Waals surface area contributed by atoms with E-state index in [1.807, 2.05) is 6.92 Å². The normalized spacial score (nSPS) is 10.9. The fourth-order valence-corrected chi connectivity index (χ4v) is 2.55. The summed E-state index contributed by atoms with van der Waals surface area (Å²) in [4.78, 5) is 20.2. The first-order chi connectivity index (χ1) is 14.0. The summed E-state index contributed by atoms with van der Waals surface area (Å²) in [5.74, 6) is 1.85. The van der Waals surface area contributed by atoms with E-state index in [-0.39, 0.29) is 36.4 Å². The molecule has 8 heteroatoms. The minimum absolute atomic E-state index is 0. The Balaban J connectivity index is 0.00000450. The Labute approximate surface area is 196 Å². The highest BCUT2D eigenvalue weighted by Crippen LogP contribution is 2.21. The molecule has 0 atom stereocenters. The minimum atomic E-state index is -0.172. The summed E-state index contributed by atoms with van der Waals surface area (Å²) in [6, 6.07) is 9.72. The third kappa shape index (κ3) is 9.43. The molecule has 2 aromatic rings. The van der Waals surface area contributed by atoms with Crippen molar-refractivity contribution >= 4 is 41.5 Å². The number of halogens is 1. The van der Waals surface area contributed by atoms with Crippen LogP contribution in [-0.2, 0) is 11.3 Å². The van der Waals surface area contributed by atoms with Gasteiger partial charge >= 0.3 is 0 Å². The Bertz CT molecular complexity index is 812. The van der Waals surface area contributed by atoms with Crippen LogP contribution in [0.25, 0.3) is 0 Å². The predicted octanol–water partition coefficient (Wildman–Crippen LogP) is 3.74. The van der Waals surface area contributed by atoms with E-state index in [1.54, 1.807) is 31.6 Å². The Hall–Kier alpha value is -2.36. The smallest absolute Gasteiger partial charge is 0.243 e. The van der Waals surface area contributed by atoms with Gasteiger partial charge in [0.15, 0.2) is 5.96 Å². The number of aryl methyl sites for hydroxylation is 1. The highest BCUT2D eigenvalue weighted by atomic mass is 127. The van der Waals surface area contributed by atoms with Gasteiger partial charge in [0, 0.05) is 25.4 Å². The number of rotatable bonds is 9. The number of nitrogens with one attached hydrogen (secondary N) is 3. The summed E-state index contributed by atoms with van der Waals surface area (Å²) in [6.07, 6.45) is 4.27. The molecule has 7 nitrogen and oxygen atoms in total. The van der Waals surface area contributed by atoms with Gasteiger partial charge in [-0.15, -0.1) is 24.0 Å². The van der Waals surface area contributed by atoms with Crippen molar-refractivity contribution in [2.45, 2.75) is 33.7 Å². The summed E-state index contributed by atoms with van der Waals surface area (Å²) in [7, 11) is 1.67. The third-order valence-corrected chi connectivity index (χ3v) is 4.21. The van der Waals surface area contributed by atoms with E-state index >= 15 is 0 Å². The molecule has 164 valence electrons. The molecule has 0 saturated heterocycles. The van der Waals surface area contributed by atoms with Crippen LogP contribution < -0.4 is 20.7 Å². The first-order valence-electron chi connectivity index (χ1n) is 9.84. The van der Waals surface area contributed by atoms with E-state index in [1.165, 1.54) is 0 Å². The molecule has 0 spiro atoms. The molecule has 0 aliphatic heterocycles. The van der Waals surface area contributed by atoms with Gasteiger partial charge in [0.25, 0.3) is 0 Å². The molecule has 3 N–H and O–H groups in total. The number of nitrogens with zero attached hydrogens (tertiary/aromatic N) is 2. The summed E-state index contributed by atoms with van der Waals surface area (Å²) in [6.45, 7) is 7.75. The number of carbonyl (C=O) groups excluding carboxylic acids is 1. The second kappa shape index (κ2) is 13.8. The highest BCUT2D eigenvalue weighted by molar-refractivity contribution is 14.0. The summed E-state index contributed by atoms with van der Waals surface area (Å²) < 4.78 is 5.99. The quantitative estimate of drug-likeness (QED) is 0.264. The van der Waals surface area contributed by atoms with Crippen LogP contribution >= 0.6 is 24.0 Å². The standard InChI is InChI=1S/C22H31N5O2.HI/c1-16(2)9-11-29-20-12-17(3)7-8-18(20)13-25-22(23-4)26-15-21(28)27-19-6-5-10-24-14-19;/h5-8,10,12,14,16H,9,11,13,15H2,1-4H3,(H,27,28)(H2,23,25,26);1H. The van der Waals surface area contributed by atoms with E-state index in [9.17, 15) is 4.79 Å². The molecule has 1 amide bonds. The molecule has 0 fully saturated rings. The number of pyridine rings is 1. The maximum absolute atomic E-state index is 12.1. The summed E-state index contributed by atoms with van der Waals surface area (Å²) in [5.41, 5.74) is 2.86. The van der Waals surface area contributed by atoms with Gasteiger partial charge in [0.05, 0.1) is 25.0 Å². The lowest BCUT2D eigenvalue weighted by Gasteiger charge is -2.16. The van der Waals surface area contributed by atoms with Gasteiger partial charge in [-0.05, 0) is 43.0 Å². The van der Waals surface area contributed by atoms with Crippen molar-refractivity contribution in [2.75, 3.05) is 25.5 Å². The molecule has 0 bridgehead atoms. The van der Waals surface area contributed by atoms with Crippen LogP contribution in [0.15, 0.2) is 47.7 Å². The van der Waals surface area contributed by atoms with E-state index in [2.05, 4.69) is 58.0 Å². The van der Waals surface area contributed by atoms with Gasteiger partial charge in [0.1, 0.15) is 5.75 Å². The number of benzene rings is 1. The van der Waals surface area contributed by atoms with Crippen LogP contribution in [0, 0.1) is 12.8 Å². The van der Waals surface area contributed by atoms with E-state index < -0.39 is 0 Å². The minimum Gasteiger partial charge on any atom is -0.493 e. The first-order valence-corrected chi connectivity index (χ1v) is 9.84. The Kier molecular flexibility index (Phi) is 11.8. The number of hydrogen-bond donors (Lipinski definition) is 3. The van der Waals surface area contributed by atoms with Crippen molar-refractivity contribution in [3.8, 4) is 5.75 Å². The molecule has 0 unspecified atom stereocenters. The van der Waals surface area contributed by atoms with Gasteiger partial charge in [-0.2, -0.15) is 0 Å². The zero-order valence-corrected chi connectivity index (χ0v) is 20.4. The molecule has 1 aromatic heterocycles. The number of ether oxygens (including phenoxy) is 1. The lowest BCUT2D eigenvalue weighted by molar-refractivity contribution is -0.115. The van der Waals surface area contributed by atoms with Crippen LogP contribution in [0.2, 0.25) is 0 Å². The Morgan fingerprint density at radius 2 is 2.03 bits per heavy atom. The molecule has 0 saturated carbocycles. The molecule has 2 rings (SSSR count). The van der Waals surface area contributed by atoms with Crippen LogP contribution in [0.3, 0.4) is 0 Å². The second-order valence-electron chi connectivity index (χ2n) is 7.21. The molecule has 30 heavy (non-hydrogen) atoms. The molecular weight excluding hydrogens is 493 g/mol. The van der Waals surface area contributed by atoms with E-state index in [0.29, 0.717) is 30.7 Å². The number of anilines is 1. The maximum atomic E-state index is 12.1. The summed E-state index contributed by atoms with van der Waals surface area (Å²) in [5, 5.41) is 9.02. The summed E-state index contributed by atoms with van der Waals surface area (Å²) >= 11 is 0. The first kappa shape index (κ1) is 25.7. The third-order valence-electron chi connectivity index (χ3n) is 4.21. The van der Waals surface area contributed by atoms with Gasteiger partial charge in [0.2, 0.25) is 5.91 Å². The highest BCUT2D eigenvalue weighted by Gasteiger charge is 2.08. The number of amides is 1. The molecule has 0 radical (unpaired) electrons. The molecule has 0 aliphatic rings. The van der Waals surface area contributed by atoms with Gasteiger partial charge in [-0.1, -0.05) is 26.0 Å². The number of guanidine groups is 1. The Morgan fingerprint density at radius 3 is 2.70 bits per heavy atom. The zero-order chi connectivity index (χ0) is 21.1.